The van der Waals surface area contributed by atoms with E-state index in [1.807, 2.05) is 0 Å². The second-order valence-corrected chi connectivity index (χ2v) is 7.01. The zero-order valence-electron chi connectivity index (χ0n) is 13.0. The average molecular weight is 389 g/mol. The van der Waals surface area contributed by atoms with Crippen LogP contribution in [-0.4, -0.2) is 51.2 Å². The van der Waals surface area contributed by atoms with Gasteiger partial charge in [-0.15, -0.1) is 0 Å². The maximum Gasteiger partial charge on any atom is 0.411 e. The van der Waals surface area contributed by atoms with Gasteiger partial charge in [-0.25, -0.2) is 19.2 Å². The topological polar surface area (TPSA) is 84.4 Å². The summed E-state index contributed by atoms with van der Waals surface area (Å²) in [6.07, 6.45) is 0.735. The van der Waals surface area contributed by atoms with E-state index in [1.54, 1.807) is 20.8 Å². The van der Waals surface area contributed by atoms with Crippen molar-refractivity contribution in [1.29, 1.82) is 0 Å². The van der Waals surface area contributed by atoms with Gasteiger partial charge >= 0.3 is 6.09 Å². The normalized spacial score (nSPS) is 21.2. The van der Waals surface area contributed by atoms with Gasteiger partial charge in [0.2, 0.25) is 5.91 Å². The quantitative estimate of drug-likeness (QED) is 0.841. The average Bonchev–Trinajstić information content (AvgIpc) is 2.82. The van der Waals surface area contributed by atoms with Crippen molar-refractivity contribution in [2.24, 2.45) is 0 Å². The summed E-state index contributed by atoms with van der Waals surface area (Å²) in [5, 5.41) is 2.53. The summed E-state index contributed by atoms with van der Waals surface area (Å²) in [6, 6.07) is -0.940. The fourth-order valence-electron chi connectivity index (χ4n) is 2.14. The number of alkyl halides is 1. The van der Waals surface area contributed by atoms with Crippen molar-refractivity contribution in [3.05, 3.63) is 17.0 Å². The molecule has 2 atom stereocenters. The van der Waals surface area contributed by atoms with Crippen molar-refractivity contribution in [1.82, 2.24) is 14.9 Å². The molecule has 1 fully saturated rings. The minimum Gasteiger partial charge on any atom is -0.444 e. The Hall–Kier alpha value is -1.77. The third-order valence-corrected chi connectivity index (χ3v) is 3.46. The number of aromatic nitrogens is 2. The number of hydrogen-bond acceptors (Lipinski definition) is 5. The van der Waals surface area contributed by atoms with Crippen LogP contribution in [0.4, 0.5) is 15.0 Å². The first-order valence-electron chi connectivity index (χ1n) is 7.08. The van der Waals surface area contributed by atoms with E-state index in [2.05, 4.69) is 31.2 Å². The molecule has 1 N–H and O–H groups in total. The monoisotopic (exact) mass is 388 g/mol. The first-order valence-corrected chi connectivity index (χ1v) is 7.87. The van der Waals surface area contributed by atoms with Crippen LogP contribution in [0.2, 0.25) is 0 Å². The van der Waals surface area contributed by atoms with E-state index in [0.717, 1.165) is 4.90 Å². The number of carbonyl (C=O) groups is 2. The Kier molecular flexibility index (Phi) is 5.18. The predicted molar refractivity (Wildman–Crippen MR) is 84.6 cm³/mol. The van der Waals surface area contributed by atoms with Gasteiger partial charge in [-0.1, -0.05) is 0 Å². The summed E-state index contributed by atoms with van der Waals surface area (Å²) in [6.45, 7) is 4.96. The second-order valence-electron chi connectivity index (χ2n) is 6.20. The minimum atomic E-state index is -1.27. The van der Waals surface area contributed by atoms with Crippen molar-refractivity contribution in [3.63, 3.8) is 0 Å². The Morgan fingerprint density at radius 3 is 2.65 bits per heavy atom. The molecule has 0 aliphatic carbocycles. The van der Waals surface area contributed by atoms with E-state index >= 15 is 0 Å². The molecule has 0 radical (unpaired) electrons. The van der Waals surface area contributed by atoms with Crippen LogP contribution in [0.5, 0.6) is 0 Å². The lowest BCUT2D eigenvalue weighted by molar-refractivity contribution is -0.120. The molecule has 1 aliphatic heterocycles. The number of likely N-dealkylation sites (tertiary alicyclic amines) is 1. The number of ether oxygens (including phenoxy) is 1. The van der Waals surface area contributed by atoms with Crippen LogP contribution in [0.15, 0.2) is 17.0 Å². The van der Waals surface area contributed by atoms with Crippen molar-refractivity contribution in [2.75, 3.05) is 11.9 Å². The van der Waals surface area contributed by atoms with Crippen molar-refractivity contribution in [3.8, 4) is 0 Å². The molecule has 1 aliphatic rings. The van der Waals surface area contributed by atoms with Crippen LogP contribution in [0.25, 0.3) is 0 Å². The Morgan fingerprint density at radius 2 is 2.09 bits per heavy atom. The van der Waals surface area contributed by atoms with Crippen molar-refractivity contribution < 1.29 is 18.7 Å². The number of amides is 2. The zero-order valence-corrected chi connectivity index (χ0v) is 14.6. The molecule has 1 saturated heterocycles. The number of hydrogen-bond donors (Lipinski definition) is 1. The highest BCUT2D eigenvalue weighted by molar-refractivity contribution is 9.10. The smallest absolute Gasteiger partial charge is 0.411 e. The highest BCUT2D eigenvalue weighted by Crippen LogP contribution is 2.24. The fraction of sp³-hybridized carbons (Fsp3) is 0.571. The summed E-state index contributed by atoms with van der Waals surface area (Å²) in [5.74, 6) is -0.294. The third kappa shape index (κ3) is 4.85. The molecule has 0 saturated carbocycles. The van der Waals surface area contributed by atoms with Gasteiger partial charge in [0.25, 0.3) is 0 Å². The van der Waals surface area contributed by atoms with E-state index in [-0.39, 0.29) is 18.8 Å². The summed E-state index contributed by atoms with van der Waals surface area (Å²) >= 11 is 3.14. The molecule has 0 bridgehead atoms. The first-order chi connectivity index (χ1) is 10.7. The molecule has 1 aromatic heterocycles. The van der Waals surface area contributed by atoms with Crippen LogP contribution in [0.3, 0.4) is 0 Å². The molecule has 1 aromatic rings. The van der Waals surface area contributed by atoms with Gasteiger partial charge in [0.15, 0.2) is 5.82 Å². The van der Waals surface area contributed by atoms with Gasteiger partial charge in [0.05, 0.1) is 18.9 Å². The third-order valence-electron chi connectivity index (χ3n) is 3.05. The first kappa shape index (κ1) is 17.6. The molecule has 7 nitrogen and oxygen atoms in total. The van der Waals surface area contributed by atoms with Crippen LogP contribution in [0.1, 0.15) is 27.2 Å². The molecule has 2 heterocycles. The molecule has 2 amide bonds. The fourth-order valence-corrected chi connectivity index (χ4v) is 2.35. The number of anilines is 1. The highest BCUT2D eigenvalue weighted by atomic mass is 79.9. The molecule has 0 spiro atoms. The van der Waals surface area contributed by atoms with Crippen LogP contribution >= 0.6 is 15.9 Å². The van der Waals surface area contributed by atoms with E-state index in [9.17, 15) is 14.0 Å². The summed E-state index contributed by atoms with van der Waals surface area (Å²) in [7, 11) is 0. The van der Waals surface area contributed by atoms with Crippen LogP contribution in [-0.2, 0) is 9.53 Å². The van der Waals surface area contributed by atoms with E-state index in [1.165, 1.54) is 12.4 Å². The summed E-state index contributed by atoms with van der Waals surface area (Å²) in [5.41, 5.74) is -0.719. The molecule has 0 aromatic carbocycles. The Labute approximate surface area is 141 Å². The van der Waals surface area contributed by atoms with Crippen molar-refractivity contribution >= 4 is 33.7 Å². The molecule has 0 unspecified atom stereocenters. The largest absolute Gasteiger partial charge is 0.444 e. The Balaban J connectivity index is 2.07. The van der Waals surface area contributed by atoms with Gasteiger partial charge in [0.1, 0.15) is 22.4 Å². The summed E-state index contributed by atoms with van der Waals surface area (Å²) < 4.78 is 19.5. The van der Waals surface area contributed by atoms with Crippen LogP contribution in [0, 0.1) is 0 Å². The molecular weight excluding hydrogens is 371 g/mol. The maximum atomic E-state index is 13.7. The lowest BCUT2D eigenvalue weighted by atomic mass is 10.2. The van der Waals surface area contributed by atoms with Gasteiger partial charge in [-0.3, -0.25) is 9.69 Å². The predicted octanol–water partition coefficient (Wildman–Crippen LogP) is 2.53. The highest BCUT2D eigenvalue weighted by Gasteiger charge is 2.41. The van der Waals surface area contributed by atoms with Gasteiger partial charge in [-0.2, -0.15) is 0 Å². The zero-order chi connectivity index (χ0) is 17.2. The molecular formula is C14H18BrFN4O3. The number of nitrogens with one attached hydrogen (secondary N) is 1. The van der Waals surface area contributed by atoms with Crippen molar-refractivity contribution in [2.45, 2.75) is 45.0 Å². The van der Waals surface area contributed by atoms with Gasteiger partial charge in [0, 0.05) is 6.42 Å². The van der Waals surface area contributed by atoms with Gasteiger partial charge in [-0.05, 0) is 36.7 Å². The molecule has 23 heavy (non-hydrogen) atoms. The molecule has 2 rings (SSSR count). The molecule has 126 valence electrons. The van der Waals surface area contributed by atoms with Crippen LogP contribution < -0.4 is 5.32 Å². The van der Waals surface area contributed by atoms with Gasteiger partial charge < -0.3 is 10.1 Å². The maximum absolute atomic E-state index is 13.7. The van der Waals surface area contributed by atoms with E-state index < -0.39 is 29.8 Å². The molecule has 9 heteroatoms. The van der Waals surface area contributed by atoms with E-state index in [4.69, 9.17) is 4.74 Å². The lowest BCUT2D eigenvalue weighted by Gasteiger charge is -2.27. The number of halogens is 2. The minimum absolute atomic E-state index is 0.0744. The Bertz CT molecular complexity index is 591. The number of rotatable bonds is 2. The van der Waals surface area contributed by atoms with E-state index in [0.29, 0.717) is 4.60 Å². The standard InChI is InChI=1S/C14H18BrFN4O3/c1-14(2,3)23-13(22)20-7-8(16)4-9(20)12(21)19-11-6-17-10(15)5-18-11/h5-6,8-9H,4,7H2,1-3H3,(H,18,19,21)/t8-,9+/m0/s1. The lowest BCUT2D eigenvalue weighted by Crippen LogP contribution is -2.45. The SMILES string of the molecule is CC(C)(C)OC(=O)N1C[C@@H](F)C[C@@H]1C(=O)Nc1cnc(Br)cn1. The number of carbonyl (C=O) groups excluding carboxylic acids is 2. The Morgan fingerprint density at radius 1 is 1.39 bits per heavy atom. The second kappa shape index (κ2) is 6.77. The number of nitrogens with zero attached hydrogens (tertiary/aromatic N) is 3. The summed E-state index contributed by atoms with van der Waals surface area (Å²) in [4.78, 5) is 33.5.